The number of carbonyl (C=O) groups is 1. The van der Waals surface area contributed by atoms with Crippen molar-refractivity contribution in [2.75, 3.05) is 52.6 Å². The Kier molecular flexibility index (Phi) is 10.5. The van der Waals surface area contributed by atoms with Gasteiger partial charge in [0.1, 0.15) is 0 Å². The zero-order valence-electron chi connectivity index (χ0n) is 21.2. The maximum atomic E-state index is 12.7. The van der Waals surface area contributed by atoms with Crippen LogP contribution in [0.2, 0.25) is 0 Å². The van der Waals surface area contributed by atoms with Crippen LogP contribution in [0.3, 0.4) is 0 Å². The molecule has 1 saturated heterocycles. The maximum Gasteiger partial charge on any atom is 0.233 e. The van der Waals surface area contributed by atoms with Gasteiger partial charge >= 0.3 is 0 Å². The number of rotatable bonds is 10. The number of hydrogen-bond acceptors (Lipinski definition) is 8. The minimum atomic E-state index is -1.27. The second-order valence-electron chi connectivity index (χ2n) is 8.79. The highest BCUT2D eigenvalue weighted by Gasteiger charge is 2.21. The van der Waals surface area contributed by atoms with Gasteiger partial charge in [-0.25, -0.2) is 4.21 Å². The molecule has 1 amide bonds. The van der Waals surface area contributed by atoms with E-state index in [4.69, 9.17) is 0 Å². The summed E-state index contributed by atoms with van der Waals surface area (Å²) in [5, 5.41) is 8.16. The average molecular weight is 559 g/mol. The van der Waals surface area contributed by atoms with Gasteiger partial charge in [-0.3, -0.25) is 19.6 Å². The molecule has 2 unspecified atom stereocenters. The van der Waals surface area contributed by atoms with Crippen LogP contribution >= 0.6 is 23.5 Å². The lowest BCUT2D eigenvalue weighted by molar-refractivity contribution is -0.122. The zero-order valence-corrected chi connectivity index (χ0v) is 23.6. The van der Waals surface area contributed by atoms with Crippen molar-refractivity contribution in [3.05, 3.63) is 80.2 Å². The van der Waals surface area contributed by atoms with Gasteiger partial charge in [-0.1, -0.05) is 36.1 Å². The van der Waals surface area contributed by atoms with Gasteiger partial charge in [0, 0.05) is 62.8 Å². The molecule has 1 fully saturated rings. The number of thioether (sulfide) groups is 2. The molecule has 0 saturated carbocycles. The number of likely N-dealkylation sites (N-methyl/N-ethyl adjacent to an activating group) is 1. The van der Waals surface area contributed by atoms with Gasteiger partial charge in [-0.05, 0) is 41.9 Å². The summed E-state index contributed by atoms with van der Waals surface area (Å²) >= 11 is 3.21. The molecule has 1 aliphatic carbocycles. The van der Waals surface area contributed by atoms with Crippen LogP contribution in [0.4, 0.5) is 0 Å². The Morgan fingerprint density at radius 1 is 1.30 bits per heavy atom. The third-order valence-corrected chi connectivity index (χ3v) is 9.38. The largest absolute Gasteiger partial charge is 0.373 e. The first-order valence-corrected chi connectivity index (χ1v) is 15.5. The highest BCUT2D eigenvalue weighted by Crippen LogP contribution is 2.26. The minimum Gasteiger partial charge on any atom is -0.373 e. The third-order valence-electron chi connectivity index (χ3n) is 6.19. The molecule has 3 aliphatic heterocycles. The van der Waals surface area contributed by atoms with E-state index in [0.717, 1.165) is 60.3 Å². The van der Waals surface area contributed by atoms with Gasteiger partial charge in [0.15, 0.2) is 11.0 Å². The van der Waals surface area contributed by atoms with E-state index in [1.165, 1.54) is 16.7 Å². The molecule has 3 heterocycles. The van der Waals surface area contributed by atoms with Gasteiger partial charge in [-0.2, -0.15) is 0 Å². The molecule has 0 radical (unpaired) electrons. The molecule has 198 valence electrons. The van der Waals surface area contributed by atoms with Crippen LogP contribution in [-0.2, 0) is 15.8 Å². The number of amides is 1. The topological polar surface area (TPSA) is 89.1 Å². The van der Waals surface area contributed by atoms with Crippen LogP contribution in [0.25, 0.3) is 0 Å². The number of aliphatic imine (C=N–C) groups is 1. The van der Waals surface area contributed by atoms with Crippen LogP contribution in [0.5, 0.6) is 0 Å². The molecule has 0 bridgehead atoms. The molecular weight excluding hydrogens is 525 g/mol. The van der Waals surface area contributed by atoms with E-state index in [2.05, 4.69) is 60.7 Å². The predicted molar refractivity (Wildman–Crippen MR) is 158 cm³/mol. The summed E-state index contributed by atoms with van der Waals surface area (Å²) < 4.78 is 16.6. The van der Waals surface area contributed by atoms with Crippen LogP contribution in [0, 0.1) is 0 Å². The van der Waals surface area contributed by atoms with Gasteiger partial charge in [-0.15, -0.1) is 11.8 Å². The van der Waals surface area contributed by atoms with E-state index in [1.54, 1.807) is 18.8 Å². The lowest BCUT2D eigenvalue weighted by Gasteiger charge is -2.34. The second-order valence-corrected chi connectivity index (χ2v) is 12.1. The number of hydrogen-bond donors (Lipinski definition) is 3. The number of carbonyl (C=O) groups excluding carboxylic acids is 1. The standard InChI is InChI=1S/C26H34N6O2S3/c1-27-25(33)19-32-11-9-31(10-12-32)18-23(35-2)17-28-16-22-14-20-6-5-7-21(15-24(20)29-22)30-37(34)26-8-3-4-13-36-26/h4-8,13-17,24,29-30H,3,9-12,18-19H2,1-2H3,(H,27,33)/b23-17-,28-16?. The monoisotopic (exact) mass is 558 g/mol. The lowest BCUT2D eigenvalue weighted by Crippen LogP contribution is -2.49. The van der Waals surface area contributed by atoms with Crippen molar-refractivity contribution in [2.45, 2.75) is 12.5 Å². The maximum absolute atomic E-state index is 12.7. The van der Waals surface area contributed by atoms with Gasteiger partial charge in [0.25, 0.3) is 0 Å². The van der Waals surface area contributed by atoms with Crippen molar-refractivity contribution in [2.24, 2.45) is 4.99 Å². The average Bonchev–Trinajstić information content (AvgIpc) is 3.20. The molecule has 0 aromatic rings. The Bertz CT molecular complexity index is 1130. The van der Waals surface area contributed by atoms with Crippen LogP contribution in [0.1, 0.15) is 6.42 Å². The van der Waals surface area contributed by atoms with Crippen molar-refractivity contribution in [3.63, 3.8) is 0 Å². The molecular formula is C26H34N6O2S3. The second kappa shape index (κ2) is 14.0. The Balaban J connectivity index is 1.28. The van der Waals surface area contributed by atoms with E-state index < -0.39 is 11.0 Å². The molecule has 0 aromatic heterocycles. The summed E-state index contributed by atoms with van der Waals surface area (Å²) in [4.78, 5) is 22.0. The highest BCUT2D eigenvalue weighted by atomic mass is 32.2. The Labute approximate surface area is 230 Å². The smallest absolute Gasteiger partial charge is 0.233 e. The van der Waals surface area contributed by atoms with Gasteiger partial charge in [0.05, 0.1) is 22.5 Å². The summed E-state index contributed by atoms with van der Waals surface area (Å²) in [6.45, 7) is 4.99. The van der Waals surface area contributed by atoms with Crippen LogP contribution < -0.4 is 15.4 Å². The fourth-order valence-electron chi connectivity index (χ4n) is 4.13. The molecule has 37 heavy (non-hydrogen) atoms. The molecule has 11 heteroatoms. The van der Waals surface area contributed by atoms with Crippen molar-refractivity contribution in [3.8, 4) is 0 Å². The Morgan fingerprint density at radius 3 is 2.78 bits per heavy atom. The number of nitrogens with zero attached hydrogens (tertiary/aromatic N) is 3. The molecule has 4 rings (SSSR count). The van der Waals surface area contributed by atoms with Crippen LogP contribution in [0.15, 0.2) is 85.2 Å². The first-order chi connectivity index (χ1) is 18.0. The predicted octanol–water partition coefficient (Wildman–Crippen LogP) is 2.61. The fourth-order valence-corrected chi connectivity index (χ4v) is 6.48. The van der Waals surface area contributed by atoms with Gasteiger partial charge < -0.3 is 15.4 Å². The van der Waals surface area contributed by atoms with Crippen molar-refractivity contribution >= 4 is 46.6 Å². The van der Waals surface area contributed by atoms with Crippen molar-refractivity contribution in [1.29, 1.82) is 0 Å². The van der Waals surface area contributed by atoms with E-state index in [1.807, 2.05) is 36.1 Å². The summed E-state index contributed by atoms with van der Waals surface area (Å²) in [7, 11) is 0.405. The highest BCUT2D eigenvalue weighted by molar-refractivity contribution is 8.17. The molecule has 3 N–H and O–H groups in total. The minimum absolute atomic E-state index is 0.001000. The molecule has 8 nitrogen and oxygen atoms in total. The summed E-state index contributed by atoms with van der Waals surface area (Å²) in [6, 6.07) is -0.001000. The van der Waals surface area contributed by atoms with E-state index in [9.17, 15) is 9.00 Å². The first-order valence-electron chi connectivity index (χ1n) is 12.2. The van der Waals surface area contributed by atoms with Gasteiger partial charge in [0.2, 0.25) is 5.91 Å². The number of allylic oxidation sites excluding steroid dienone is 6. The van der Waals surface area contributed by atoms with Crippen LogP contribution in [-0.4, -0.2) is 84.7 Å². The SMILES string of the molecule is CNC(=O)CN1CCN(C/C(=C/N=CC2=CC3=CC=CC(NS(=O)C4=CCC=CS4)=CC3N2)SC)CC1. The summed E-state index contributed by atoms with van der Waals surface area (Å²) in [5.41, 5.74) is 2.90. The lowest BCUT2D eigenvalue weighted by atomic mass is 10.1. The summed E-state index contributed by atoms with van der Waals surface area (Å²) in [5.74, 6) is 0.0661. The summed E-state index contributed by atoms with van der Waals surface area (Å²) in [6.07, 6.45) is 20.9. The number of piperazine rings is 1. The molecule has 0 spiro atoms. The first kappa shape index (κ1) is 27.7. The fraction of sp³-hybridized carbons (Fsp3) is 0.385. The van der Waals surface area contributed by atoms with E-state index in [0.29, 0.717) is 6.54 Å². The third kappa shape index (κ3) is 8.34. The van der Waals surface area contributed by atoms with E-state index >= 15 is 0 Å². The zero-order chi connectivity index (χ0) is 26.0. The number of fused-ring (bicyclic) bond motifs is 1. The molecule has 2 atom stereocenters. The Hall–Kier alpha value is -2.31. The van der Waals surface area contributed by atoms with E-state index in [-0.39, 0.29) is 11.9 Å². The molecule has 0 aromatic carbocycles. The van der Waals surface area contributed by atoms with Crippen molar-refractivity contribution in [1.82, 2.24) is 25.2 Å². The quantitative estimate of drug-likeness (QED) is 0.355. The normalized spacial score (nSPS) is 23.4. The van der Waals surface area contributed by atoms with Crippen molar-refractivity contribution < 1.29 is 9.00 Å². The number of nitrogens with one attached hydrogen (secondary N) is 3. The molecule has 4 aliphatic rings. The Morgan fingerprint density at radius 2 is 2.08 bits per heavy atom.